The van der Waals surface area contributed by atoms with Crippen molar-refractivity contribution < 1.29 is 0 Å². The number of unbranched alkanes of at least 4 members (excludes halogenated alkanes) is 1. The first kappa shape index (κ1) is 13.6. The summed E-state index contributed by atoms with van der Waals surface area (Å²) in [4.78, 5) is 14.3. The number of aryl methyl sites for hydroxylation is 1. The highest BCUT2D eigenvalue weighted by Crippen LogP contribution is 2.18. The Morgan fingerprint density at radius 1 is 1.25 bits per heavy atom. The number of hydrogen-bond acceptors (Lipinski definition) is 4. The average molecular weight is 276 g/mol. The van der Waals surface area contributed by atoms with Crippen molar-refractivity contribution in [3.8, 4) is 0 Å². The Hall–Kier alpha value is -1.36. The minimum Gasteiger partial charge on any atom is -0.370 e. The van der Waals surface area contributed by atoms with Crippen LogP contribution in [0.2, 0.25) is 0 Å². The molecule has 2 heterocycles. The van der Waals surface area contributed by atoms with Gasteiger partial charge in [-0.3, -0.25) is 4.79 Å². The predicted molar refractivity (Wildman–Crippen MR) is 80.2 cm³/mol. The number of hydrogen-bond donors (Lipinski definition) is 1. The molecule has 1 aliphatic carbocycles. The molecule has 2 aliphatic rings. The number of aromatic nitrogens is 2. The normalized spacial score (nSPS) is 18.7. The third-order valence-corrected chi connectivity index (χ3v) is 4.13. The highest BCUT2D eigenvalue weighted by atomic mass is 16.1. The van der Waals surface area contributed by atoms with Crippen LogP contribution in [0.5, 0.6) is 0 Å². The smallest absolute Gasteiger partial charge is 0.268 e. The maximum absolute atomic E-state index is 12.0. The van der Waals surface area contributed by atoms with Crippen molar-refractivity contribution in [1.82, 2.24) is 15.1 Å². The molecule has 0 amide bonds. The highest BCUT2D eigenvalue weighted by Gasteiger charge is 2.19. The zero-order chi connectivity index (χ0) is 13.8. The fraction of sp³-hybridized carbons (Fsp3) is 0.733. The van der Waals surface area contributed by atoms with E-state index in [0.29, 0.717) is 0 Å². The number of rotatable bonds is 7. The fourth-order valence-electron chi connectivity index (χ4n) is 2.72. The van der Waals surface area contributed by atoms with Crippen LogP contribution in [0.25, 0.3) is 0 Å². The van der Waals surface area contributed by atoms with Gasteiger partial charge in [0.05, 0.1) is 11.9 Å². The lowest BCUT2D eigenvalue weighted by Crippen LogP contribution is -2.26. The molecule has 3 rings (SSSR count). The first-order valence-electron chi connectivity index (χ1n) is 7.88. The average Bonchev–Trinajstić information content (AvgIpc) is 3.11. The van der Waals surface area contributed by atoms with Crippen LogP contribution in [0.1, 0.15) is 38.5 Å². The summed E-state index contributed by atoms with van der Waals surface area (Å²) >= 11 is 0. The summed E-state index contributed by atoms with van der Waals surface area (Å²) in [5, 5.41) is 7.80. The molecule has 0 spiro atoms. The number of anilines is 1. The molecule has 0 atom stereocenters. The minimum atomic E-state index is 0.0320. The van der Waals surface area contributed by atoms with Crippen LogP contribution in [-0.4, -0.2) is 35.5 Å². The molecule has 1 aromatic rings. The molecule has 0 aromatic carbocycles. The maximum atomic E-state index is 12.0. The van der Waals surface area contributed by atoms with Crippen molar-refractivity contribution in [2.75, 3.05) is 24.5 Å². The Morgan fingerprint density at radius 2 is 2.05 bits per heavy atom. The third-order valence-electron chi connectivity index (χ3n) is 4.13. The molecule has 1 saturated heterocycles. The Balaban J connectivity index is 1.47. The summed E-state index contributed by atoms with van der Waals surface area (Å²) in [5.41, 5.74) is 1.02. The van der Waals surface area contributed by atoms with Crippen LogP contribution < -0.4 is 15.8 Å². The molecule has 1 N–H and O–H groups in total. The summed E-state index contributed by atoms with van der Waals surface area (Å²) in [6.07, 6.45) is 9.06. The van der Waals surface area contributed by atoms with E-state index in [2.05, 4.69) is 15.3 Å². The van der Waals surface area contributed by atoms with Gasteiger partial charge < -0.3 is 10.2 Å². The molecule has 110 valence electrons. The Kier molecular flexibility index (Phi) is 4.35. The maximum Gasteiger partial charge on any atom is 0.268 e. The second-order valence-corrected chi connectivity index (χ2v) is 5.90. The quantitative estimate of drug-likeness (QED) is 0.764. The van der Waals surface area contributed by atoms with Crippen molar-refractivity contribution in [2.45, 2.75) is 51.1 Å². The van der Waals surface area contributed by atoms with Gasteiger partial charge in [0.25, 0.3) is 5.56 Å². The lowest BCUT2D eigenvalue weighted by Gasteiger charge is -2.17. The molecular formula is C15H24N4O. The minimum absolute atomic E-state index is 0.0320. The van der Waals surface area contributed by atoms with Gasteiger partial charge >= 0.3 is 0 Å². The van der Waals surface area contributed by atoms with E-state index in [1.54, 1.807) is 10.7 Å². The molecule has 5 heteroatoms. The molecule has 1 aliphatic heterocycles. The van der Waals surface area contributed by atoms with Gasteiger partial charge in [0, 0.05) is 31.7 Å². The number of nitrogens with one attached hydrogen (secondary N) is 1. The van der Waals surface area contributed by atoms with Crippen molar-refractivity contribution in [1.29, 1.82) is 0 Å². The Bertz CT molecular complexity index is 489. The summed E-state index contributed by atoms with van der Waals surface area (Å²) in [6.45, 7) is 3.90. The lowest BCUT2D eigenvalue weighted by atomic mass is 10.3. The largest absolute Gasteiger partial charge is 0.370 e. The van der Waals surface area contributed by atoms with Crippen LogP contribution in [-0.2, 0) is 6.54 Å². The molecule has 1 saturated carbocycles. The van der Waals surface area contributed by atoms with Gasteiger partial charge in [0.1, 0.15) is 0 Å². The van der Waals surface area contributed by atoms with Crippen molar-refractivity contribution in [3.05, 3.63) is 22.6 Å². The number of nitrogens with zero attached hydrogens (tertiary/aromatic N) is 3. The summed E-state index contributed by atoms with van der Waals surface area (Å²) in [6, 6.07) is 2.51. The fourth-order valence-corrected chi connectivity index (χ4v) is 2.72. The van der Waals surface area contributed by atoms with Gasteiger partial charge in [-0.15, -0.1) is 0 Å². The SMILES string of the molecule is O=c1cc(N2CCCC2)cnn1CCCCNC1CC1. The molecule has 0 unspecified atom stereocenters. The lowest BCUT2D eigenvalue weighted by molar-refractivity contribution is 0.514. The van der Waals surface area contributed by atoms with Crippen LogP contribution in [0.15, 0.2) is 17.1 Å². The molecule has 1 aromatic heterocycles. The summed E-state index contributed by atoms with van der Waals surface area (Å²) in [7, 11) is 0. The Labute approximate surface area is 120 Å². The van der Waals surface area contributed by atoms with Crippen molar-refractivity contribution in [3.63, 3.8) is 0 Å². The van der Waals surface area contributed by atoms with Crippen LogP contribution in [0.3, 0.4) is 0 Å². The van der Waals surface area contributed by atoms with Crippen LogP contribution >= 0.6 is 0 Å². The second kappa shape index (κ2) is 6.39. The van der Waals surface area contributed by atoms with Gasteiger partial charge in [0.2, 0.25) is 0 Å². The van der Waals surface area contributed by atoms with Crippen molar-refractivity contribution in [2.24, 2.45) is 0 Å². The van der Waals surface area contributed by atoms with Gasteiger partial charge in [-0.05, 0) is 45.1 Å². The third kappa shape index (κ3) is 3.60. The molecule has 2 fully saturated rings. The zero-order valence-corrected chi connectivity index (χ0v) is 12.1. The van der Waals surface area contributed by atoms with Crippen LogP contribution in [0.4, 0.5) is 5.69 Å². The van der Waals surface area contributed by atoms with Gasteiger partial charge in [-0.25, -0.2) is 4.68 Å². The van der Waals surface area contributed by atoms with Gasteiger partial charge in [-0.2, -0.15) is 5.10 Å². The molecule has 20 heavy (non-hydrogen) atoms. The second-order valence-electron chi connectivity index (χ2n) is 5.90. The molecular weight excluding hydrogens is 252 g/mol. The highest BCUT2D eigenvalue weighted by molar-refractivity contribution is 5.43. The van der Waals surface area contributed by atoms with E-state index in [1.165, 1.54) is 25.7 Å². The first-order chi connectivity index (χ1) is 9.83. The van der Waals surface area contributed by atoms with Gasteiger partial charge in [0.15, 0.2) is 0 Å². The van der Waals surface area contributed by atoms with E-state index in [4.69, 9.17) is 0 Å². The van der Waals surface area contributed by atoms with E-state index in [1.807, 2.05) is 6.20 Å². The van der Waals surface area contributed by atoms with E-state index in [9.17, 15) is 4.79 Å². The standard InChI is InChI=1S/C15H24N4O/c20-15-11-14(18-8-3-4-9-18)12-17-19(15)10-2-1-7-16-13-5-6-13/h11-13,16H,1-10H2. The van der Waals surface area contributed by atoms with Crippen molar-refractivity contribution >= 4 is 5.69 Å². The monoisotopic (exact) mass is 276 g/mol. The van der Waals surface area contributed by atoms with E-state index >= 15 is 0 Å². The summed E-state index contributed by atoms with van der Waals surface area (Å²) < 4.78 is 1.59. The van der Waals surface area contributed by atoms with Gasteiger partial charge in [-0.1, -0.05) is 0 Å². The van der Waals surface area contributed by atoms with E-state index < -0.39 is 0 Å². The molecule has 5 nitrogen and oxygen atoms in total. The molecule has 0 radical (unpaired) electrons. The summed E-state index contributed by atoms with van der Waals surface area (Å²) in [5.74, 6) is 0. The zero-order valence-electron chi connectivity index (χ0n) is 12.1. The Morgan fingerprint density at radius 3 is 2.75 bits per heavy atom. The van der Waals surface area contributed by atoms with E-state index in [-0.39, 0.29) is 5.56 Å². The van der Waals surface area contributed by atoms with E-state index in [0.717, 1.165) is 50.7 Å². The predicted octanol–water partition coefficient (Wildman–Crippen LogP) is 1.38. The topological polar surface area (TPSA) is 50.2 Å². The first-order valence-corrected chi connectivity index (χ1v) is 7.88. The molecule has 0 bridgehead atoms. The van der Waals surface area contributed by atoms with Crippen LogP contribution in [0, 0.1) is 0 Å².